The van der Waals surface area contributed by atoms with Crippen molar-refractivity contribution in [1.82, 2.24) is 9.88 Å². The van der Waals surface area contributed by atoms with Gasteiger partial charge in [0.25, 0.3) is 0 Å². The van der Waals surface area contributed by atoms with Crippen molar-refractivity contribution in [3.8, 4) is 0 Å². The highest BCUT2D eigenvalue weighted by Crippen LogP contribution is 2.36. The van der Waals surface area contributed by atoms with Gasteiger partial charge in [-0.3, -0.25) is 0 Å². The highest BCUT2D eigenvalue weighted by molar-refractivity contribution is 6.31. The second-order valence-electron chi connectivity index (χ2n) is 5.24. The van der Waals surface area contributed by atoms with Crippen molar-refractivity contribution < 1.29 is 0 Å². The first-order chi connectivity index (χ1) is 8.68. The molecule has 3 heteroatoms. The van der Waals surface area contributed by atoms with Crippen LogP contribution < -0.4 is 5.32 Å². The van der Waals surface area contributed by atoms with Crippen LogP contribution in [0.3, 0.4) is 0 Å². The number of piperidine rings is 1. The highest BCUT2D eigenvalue weighted by atomic mass is 35.5. The summed E-state index contributed by atoms with van der Waals surface area (Å²) in [5, 5.41) is 5.62. The van der Waals surface area contributed by atoms with Crippen molar-refractivity contribution in [2.45, 2.75) is 25.7 Å². The minimum absolute atomic E-state index is 0.674. The number of halogens is 1. The third kappa shape index (κ3) is 1.84. The van der Waals surface area contributed by atoms with E-state index >= 15 is 0 Å². The number of aryl methyl sites for hydroxylation is 1. The summed E-state index contributed by atoms with van der Waals surface area (Å²) in [5.41, 5.74) is 4.20. The number of fused-ring (bicyclic) bond motifs is 1. The van der Waals surface area contributed by atoms with Gasteiger partial charge in [-0.1, -0.05) is 11.6 Å². The molecule has 2 aromatic rings. The Hall–Kier alpha value is -0.990. The van der Waals surface area contributed by atoms with Crippen LogP contribution in [-0.4, -0.2) is 17.7 Å². The molecule has 2 heterocycles. The highest BCUT2D eigenvalue weighted by Gasteiger charge is 2.22. The maximum absolute atomic E-state index is 6.17. The van der Waals surface area contributed by atoms with Crippen molar-refractivity contribution in [1.29, 1.82) is 0 Å². The summed E-state index contributed by atoms with van der Waals surface area (Å²) >= 11 is 6.17. The summed E-state index contributed by atoms with van der Waals surface area (Å²) in [7, 11) is 2.15. The van der Waals surface area contributed by atoms with E-state index in [0.717, 1.165) is 18.1 Å². The molecule has 96 valence electrons. The molecule has 18 heavy (non-hydrogen) atoms. The molecule has 0 amide bonds. The molecular formula is C15H19ClN2. The topological polar surface area (TPSA) is 17.0 Å². The molecule has 0 aliphatic carbocycles. The summed E-state index contributed by atoms with van der Waals surface area (Å²) in [6, 6.07) is 6.24. The van der Waals surface area contributed by atoms with Gasteiger partial charge >= 0.3 is 0 Å². The van der Waals surface area contributed by atoms with E-state index in [2.05, 4.69) is 36.0 Å². The Balaban J connectivity index is 2.20. The SMILES string of the molecule is Cc1c(C2CCNCC2)c2cc(Cl)ccc2n1C. The molecule has 0 spiro atoms. The number of nitrogens with one attached hydrogen (secondary N) is 1. The number of hydrogen-bond donors (Lipinski definition) is 1. The average Bonchev–Trinajstić information content (AvgIpc) is 2.63. The lowest BCUT2D eigenvalue weighted by Gasteiger charge is -2.23. The standard InChI is InChI=1S/C15H19ClN2/c1-10-15(11-5-7-17-8-6-11)13-9-12(16)3-4-14(13)18(10)2/h3-4,9,11,17H,5-8H2,1-2H3. The summed E-state index contributed by atoms with van der Waals surface area (Å²) in [6.45, 7) is 4.48. The van der Waals surface area contributed by atoms with Crippen LogP contribution in [-0.2, 0) is 7.05 Å². The summed E-state index contributed by atoms with van der Waals surface area (Å²) in [5.74, 6) is 0.674. The smallest absolute Gasteiger partial charge is 0.0483 e. The molecule has 0 radical (unpaired) electrons. The Bertz CT molecular complexity index is 580. The first kappa shape index (κ1) is 12.1. The van der Waals surface area contributed by atoms with Gasteiger partial charge in [0.15, 0.2) is 0 Å². The lowest BCUT2D eigenvalue weighted by molar-refractivity contribution is 0.460. The molecule has 1 saturated heterocycles. The zero-order valence-corrected chi connectivity index (χ0v) is 11.7. The summed E-state index contributed by atoms with van der Waals surface area (Å²) < 4.78 is 2.29. The van der Waals surface area contributed by atoms with E-state index in [9.17, 15) is 0 Å². The molecule has 1 N–H and O–H groups in total. The van der Waals surface area contributed by atoms with Crippen LogP contribution >= 0.6 is 11.6 Å². The second kappa shape index (κ2) is 4.60. The van der Waals surface area contributed by atoms with Gasteiger partial charge in [0.2, 0.25) is 0 Å². The Morgan fingerprint density at radius 1 is 1.28 bits per heavy atom. The molecule has 1 aromatic heterocycles. The van der Waals surface area contributed by atoms with Crippen LogP contribution in [0.25, 0.3) is 10.9 Å². The molecular weight excluding hydrogens is 244 g/mol. The van der Waals surface area contributed by atoms with E-state index in [4.69, 9.17) is 11.6 Å². The van der Waals surface area contributed by atoms with Gasteiger partial charge in [-0.2, -0.15) is 0 Å². The predicted octanol–water partition coefficient (Wildman–Crippen LogP) is 3.61. The molecule has 0 atom stereocenters. The second-order valence-corrected chi connectivity index (χ2v) is 5.68. The minimum atomic E-state index is 0.674. The first-order valence-corrected chi connectivity index (χ1v) is 7.01. The minimum Gasteiger partial charge on any atom is -0.348 e. The van der Waals surface area contributed by atoms with Gasteiger partial charge in [0.1, 0.15) is 0 Å². The largest absolute Gasteiger partial charge is 0.348 e. The van der Waals surface area contributed by atoms with E-state index in [1.165, 1.54) is 35.0 Å². The monoisotopic (exact) mass is 262 g/mol. The summed E-state index contributed by atoms with van der Waals surface area (Å²) in [4.78, 5) is 0. The van der Waals surface area contributed by atoms with Crippen molar-refractivity contribution in [2.24, 2.45) is 7.05 Å². The molecule has 0 unspecified atom stereocenters. The predicted molar refractivity (Wildman–Crippen MR) is 77.5 cm³/mol. The maximum Gasteiger partial charge on any atom is 0.0483 e. The average molecular weight is 263 g/mol. The summed E-state index contributed by atoms with van der Waals surface area (Å²) in [6.07, 6.45) is 2.46. The van der Waals surface area contributed by atoms with E-state index in [0.29, 0.717) is 5.92 Å². The van der Waals surface area contributed by atoms with Gasteiger partial charge in [0.05, 0.1) is 0 Å². The van der Waals surface area contributed by atoms with Crippen molar-refractivity contribution in [3.63, 3.8) is 0 Å². The Labute approximate surface area is 113 Å². The fourth-order valence-corrected chi connectivity index (χ4v) is 3.37. The van der Waals surface area contributed by atoms with Crippen LogP contribution in [0.4, 0.5) is 0 Å². The lowest BCUT2D eigenvalue weighted by atomic mass is 9.88. The zero-order valence-electron chi connectivity index (χ0n) is 11.0. The van der Waals surface area contributed by atoms with Crippen molar-refractivity contribution in [2.75, 3.05) is 13.1 Å². The lowest BCUT2D eigenvalue weighted by Crippen LogP contribution is -2.26. The zero-order chi connectivity index (χ0) is 12.7. The van der Waals surface area contributed by atoms with Gasteiger partial charge in [-0.05, 0) is 62.5 Å². The number of benzene rings is 1. The number of hydrogen-bond acceptors (Lipinski definition) is 1. The quantitative estimate of drug-likeness (QED) is 0.831. The van der Waals surface area contributed by atoms with Gasteiger partial charge < -0.3 is 9.88 Å². The van der Waals surface area contributed by atoms with E-state index in [1.54, 1.807) is 0 Å². The fraction of sp³-hybridized carbons (Fsp3) is 0.467. The Morgan fingerprint density at radius 3 is 2.72 bits per heavy atom. The van der Waals surface area contributed by atoms with E-state index in [1.807, 2.05) is 6.07 Å². The van der Waals surface area contributed by atoms with Crippen LogP contribution in [0.15, 0.2) is 18.2 Å². The Kier molecular flexibility index (Phi) is 3.08. The van der Waals surface area contributed by atoms with Crippen LogP contribution in [0, 0.1) is 6.92 Å². The number of aromatic nitrogens is 1. The number of rotatable bonds is 1. The fourth-order valence-electron chi connectivity index (χ4n) is 3.20. The Morgan fingerprint density at radius 2 is 2.00 bits per heavy atom. The molecule has 2 nitrogen and oxygen atoms in total. The van der Waals surface area contributed by atoms with Crippen LogP contribution in [0.1, 0.15) is 30.0 Å². The number of nitrogens with zero attached hydrogens (tertiary/aromatic N) is 1. The third-order valence-corrected chi connectivity index (χ3v) is 4.49. The van der Waals surface area contributed by atoms with Gasteiger partial charge in [-0.25, -0.2) is 0 Å². The third-order valence-electron chi connectivity index (χ3n) is 4.25. The maximum atomic E-state index is 6.17. The van der Waals surface area contributed by atoms with Crippen LogP contribution in [0.5, 0.6) is 0 Å². The first-order valence-electron chi connectivity index (χ1n) is 6.63. The van der Waals surface area contributed by atoms with E-state index in [-0.39, 0.29) is 0 Å². The molecule has 3 rings (SSSR count). The van der Waals surface area contributed by atoms with Crippen molar-refractivity contribution in [3.05, 3.63) is 34.5 Å². The van der Waals surface area contributed by atoms with Gasteiger partial charge in [-0.15, -0.1) is 0 Å². The molecule has 1 aliphatic rings. The van der Waals surface area contributed by atoms with Crippen molar-refractivity contribution >= 4 is 22.5 Å². The van der Waals surface area contributed by atoms with E-state index < -0.39 is 0 Å². The normalized spacial score (nSPS) is 17.5. The molecule has 0 saturated carbocycles. The molecule has 1 aliphatic heterocycles. The molecule has 0 bridgehead atoms. The molecule has 1 fully saturated rings. The molecule has 1 aromatic carbocycles. The van der Waals surface area contributed by atoms with Crippen LogP contribution in [0.2, 0.25) is 5.02 Å². The van der Waals surface area contributed by atoms with Gasteiger partial charge in [0, 0.05) is 28.7 Å².